The fourth-order valence-electron chi connectivity index (χ4n) is 3.14. The van der Waals surface area contributed by atoms with E-state index in [1.807, 2.05) is 0 Å². The van der Waals surface area contributed by atoms with Crippen LogP contribution >= 0.6 is 0 Å². The number of hydrogen-bond acceptors (Lipinski definition) is 12. The molecule has 13 nitrogen and oxygen atoms in total. The summed E-state index contributed by atoms with van der Waals surface area (Å²) in [4.78, 5) is 63.4. The van der Waals surface area contributed by atoms with E-state index in [4.69, 9.17) is 23.7 Å². The lowest BCUT2D eigenvalue weighted by Gasteiger charge is -2.44. The zero-order valence-electron chi connectivity index (χ0n) is 19.0. The zero-order valence-corrected chi connectivity index (χ0v) is 19.0. The van der Waals surface area contributed by atoms with Crippen LogP contribution in [0.25, 0.3) is 0 Å². The van der Waals surface area contributed by atoms with Crippen molar-refractivity contribution in [2.75, 3.05) is 20.3 Å². The van der Waals surface area contributed by atoms with Crippen molar-refractivity contribution in [3.8, 4) is 0 Å². The van der Waals surface area contributed by atoms with E-state index >= 15 is 0 Å². The molecule has 0 aliphatic carbocycles. The van der Waals surface area contributed by atoms with E-state index in [0.717, 1.165) is 27.9 Å². The van der Waals surface area contributed by atoms with E-state index in [0.29, 0.717) is 0 Å². The van der Waals surface area contributed by atoms with Crippen LogP contribution in [0.15, 0.2) is 24.5 Å². The highest BCUT2D eigenvalue weighted by atomic mass is 16.7. The maximum Gasteiger partial charge on any atom is 0.331 e. The number of carbonyl (C=O) groups excluding carboxylic acids is 5. The van der Waals surface area contributed by atoms with Crippen LogP contribution in [0.5, 0.6) is 0 Å². The minimum Gasteiger partial charge on any atom is -0.467 e. The predicted molar refractivity (Wildman–Crippen MR) is 110 cm³/mol. The van der Waals surface area contributed by atoms with E-state index in [1.54, 1.807) is 0 Å². The number of hydrogen-bond donors (Lipinski definition) is 1. The van der Waals surface area contributed by atoms with Gasteiger partial charge in [0.05, 0.1) is 12.7 Å². The number of carbonyl (C=O) groups is 5. The van der Waals surface area contributed by atoms with Gasteiger partial charge in [-0.2, -0.15) is 0 Å². The molecule has 34 heavy (non-hydrogen) atoms. The van der Waals surface area contributed by atoms with E-state index in [1.165, 1.54) is 24.5 Å². The van der Waals surface area contributed by atoms with Gasteiger partial charge in [0.1, 0.15) is 31.5 Å². The third kappa shape index (κ3) is 7.78. The molecule has 1 aromatic rings. The summed E-state index contributed by atoms with van der Waals surface area (Å²) in [6.45, 7) is 2.42. The van der Waals surface area contributed by atoms with E-state index < -0.39 is 73.6 Å². The Labute approximate surface area is 195 Å². The Morgan fingerprint density at radius 2 is 1.74 bits per heavy atom. The van der Waals surface area contributed by atoms with Gasteiger partial charge in [-0.25, -0.2) is 4.79 Å². The van der Waals surface area contributed by atoms with Gasteiger partial charge in [0.2, 0.25) is 6.29 Å². The van der Waals surface area contributed by atoms with Crippen molar-refractivity contribution in [3.63, 3.8) is 0 Å². The van der Waals surface area contributed by atoms with Gasteiger partial charge in [0.15, 0.2) is 6.10 Å². The van der Waals surface area contributed by atoms with Crippen molar-refractivity contribution < 1.29 is 52.4 Å². The van der Waals surface area contributed by atoms with Gasteiger partial charge in [0, 0.05) is 33.2 Å². The van der Waals surface area contributed by atoms with Crippen molar-refractivity contribution >= 4 is 29.8 Å². The Hall–Kier alpha value is -3.58. The number of pyridine rings is 1. The van der Waals surface area contributed by atoms with Crippen molar-refractivity contribution in [1.82, 2.24) is 10.3 Å². The molecular weight excluding hydrogens is 456 g/mol. The van der Waals surface area contributed by atoms with Crippen LogP contribution in [-0.2, 0) is 47.6 Å². The predicted octanol–water partition coefficient (Wildman–Crippen LogP) is -0.479. The molecule has 0 aromatic carbocycles. The summed E-state index contributed by atoms with van der Waals surface area (Å²) >= 11 is 0. The molecule has 1 aliphatic heterocycles. The van der Waals surface area contributed by atoms with E-state index in [9.17, 15) is 24.0 Å². The molecule has 186 valence electrons. The first-order chi connectivity index (χ1) is 16.1. The molecule has 5 atom stereocenters. The second-order valence-corrected chi connectivity index (χ2v) is 7.12. The topological polar surface area (TPSA) is 166 Å². The molecule has 13 heteroatoms. The second kappa shape index (κ2) is 12.6. The Kier molecular flexibility index (Phi) is 9.89. The zero-order chi connectivity index (χ0) is 25.3. The van der Waals surface area contributed by atoms with Crippen LogP contribution in [0.1, 0.15) is 31.1 Å². The summed E-state index contributed by atoms with van der Waals surface area (Å²) in [5.41, 5.74) is 0.168. The molecular formula is C21H26N2O11. The molecule has 0 radical (unpaired) electrons. The standard InChI is InChI=1S/C21H26N2O11/c1-11(24)30-9-15-18(32-12(2)25)19(31-10-16(27)29-4)17(21(34-15)33-13(3)26)23-20(28)14-6-5-7-22-8-14/h5-8,15,17-19,21H,9-10H2,1-4H3,(H,23,28)/t15-,17+,18+,19-,21-/m1/s1. The van der Waals surface area contributed by atoms with Gasteiger partial charge in [-0.3, -0.25) is 24.2 Å². The average molecular weight is 482 g/mol. The number of aromatic nitrogens is 1. The first-order valence-corrected chi connectivity index (χ1v) is 10.1. The largest absolute Gasteiger partial charge is 0.467 e. The fourth-order valence-corrected chi connectivity index (χ4v) is 3.14. The summed E-state index contributed by atoms with van der Waals surface area (Å²) in [5.74, 6) is -3.53. The summed E-state index contributed by atoms with van der Waals surface area (Å²) in [6.07, 6.45) is -2.38. The highest BCUT2D eigenvalue weighted by Crippen LogP contribution is 2.28. The summed E-state index contributed by atoms with van der Waals surface area (Å²) in [5, 5.41) is 2.61. The first-order valence-electron chi connectivity index (χ1n) is 10.1. The van der Waals surface area contributed by atoms with Gasteiger partial charge in [0.25, 0.3) is 5.91 Å². The van der Waals surface area contributed by atoms with Crippen molar-refractivity contribution in [2.45, 2.75) is 51.4 Å². The van der Waals surface area contributed by atoms with Crippen molar-refractivity contribution in [3.05, 3.63) is 30.1 Å². The normalized spacial score (nSPS) is 23.8. The van der Waals surface area contributed by atoms with Gasteiger partial charge in [-0.1, -0.05) is 0 Å². The van der Waals surface area contributed by atoms with E-state index in [2.05, 4.69) is 15.0 Å². The molecule has 1 fully saturated rings. The quantitative estimate of drug-likeness (QED) is 0.355. The molecule has 1 amide bonds. The molecule has 0 saturated carbocycles. The van der Waals surface area contributed by atoms with Gasteiger partial charge in [-0.15, -0.1) is 0 Å². The van der Waals surface area contributed by atoms with Gasteiger partial charge < -0.3 is 33.7 Å². The van der Waals surface area contributed by atoms with Crippen molar-refractivity contribution in [2.24, 2.45) is 0 Å². The lowest BCUT2D eigenvalue weighted by molar-refractivity contribution is -0.273. The number of methoxy groups -OCH3 is 1. The van der Waals surface area contributed by atoms with Crippen LogP contribution in [0.4, 0.5) is 0 Å². The lowest BCUT2D eigenvalue weighted by atomic mass is 9.95. The number of nitrogens with zero attached hydrogens (tertiary/aromatic N) is 1. The molecule has 0 spiro atoms. The fraction of sp³-hybridized carbons (Fsp3) is 0.524. The number of amides is 1. The van der Waals surface area contributed by atoms with Crippen molar-refractivity contribution in [1.29, 1.82) is 0 Å². The maximum absolute atomic E-state index is 12.8. The Morgan fingerprint density at radius 3 is 2.29 bits per heavy atom. The summed E-state index contributed by atoms with van der Waals surface area (Å²) < 4.78 is 31.6. The van der Waals surface area contributed by atoms with Crippen LogP contribution in [0.3, 0.4) is 0 Å². The molecule has 1 aromatic heterocycles. The molecule has 0 bridgehead atoms. The number of esters is 4. The van der Waals surface area contributed by atoms with Gasteiger partial charge >= 0.3 is 23.9 Å². The smallest absolute Gasteiger partial charge is 0.331 e. The van der Waals surface area contributed by atoms with Crippen LogP contribution in [-0.4, -0.2) is 85.7 Å². The number of rotatable bonds is 9. The SMILES string of the molecule is COC(=O)CO[C@@H]1[C@H](NC(=O)c2cccnc2)[C@H](OC(C)=O)O[C@H](COC(C)=O)[C@@H]1OC(C)=O. The van der Waals surface area contributed by atoms with Gasteiger partial charge in [-0.05, 0) is 12.1 Å². The highest BCUT2D eigenvalue weighted by molar-refractivity contribution is 5.94. The summed E-state index contributed by atoms with van der Waals surface area (Å²) in [6, 6.07) is 1.78. The monoisotopic (exact) mass is 482 g/mol. The van der Waals surface area contributed by atoms with Crippen LogP contribution in [0.2, 0.25) is 0 Å². The first kappa shape index (κ1) is 26.7. The number of nitrogens with one attached hydrogen (secondary N) is 1. The molecule has 2 rings (SSSR count). The lowest BCUT2D eigenvalue weighted by Crippen LogP contribution is -2.66. The minimum absolute atomic E-state index is 0.168. The average Bonchev–Trinajstić information content (AvgIpc) is 2.78. The molecule has 1 N–H and O–H groups in total. The second-order valence-electron chi connectivity index (χ2n) is 7.12. The molecule has 1 aliphatic rings. The highest BCUT2D eigenvalue weighted by Gasteiger charge is 2.51. The third-order valence-corrected chi connectivity index (χ3v) is 4.52. The molecule has 2 heterocycles. The summed E-state index contributed by atoms with van der Waals surface area (Å²) in [7, 11) is 1.14. The number of ether oxygens (including phenoxy) is 6. The third-order valence-electron chi connectivity index (χ3n) is 4.52. The Bertz CT molecular complexity index is 892. The van der Waals surface area contributed by atoms with Crippen LogP contribution < -0.4 is 5.32 Å². The molecule has 0 unspecified atom stereocenters. The Morgan fingerprint density at radius 1 is 1.03 bits per heavy atom. The molecule has 1 saturated heterocycles. The maximum atomic E-state index is 12.8. The van der Waals surface area contributed by atoms with Crippen LogP contribution in [0, 0.1) is 0 Å². The minimum atomic E-state index is -1.45. The Balaban J connectivity index is 2.45. The van der Waals surface area contributed by atoms with E-state index in [-0.39, 0.29) is 5.56 Å².